The molecule has 0 amide bonds. The maximum absolute atomic E-state index is 12.6. The van der Waals surface area contributed by atoms with Gasteiger partial charge in [-0.1, -0.05) is 0 Å². The van der Waals surface area contributed by atoms with Crippen LogP contribution in [0.2, 0.25) is 0 Å². The monoisotopic (exact) mass is 310 g/mol. The number of thiophene rings is 1. The van der Waals surface area contributed by atoms with Gasteiger partial charge in [-0.3, -0.25) is 0 Å². The van der Waals surface area contributed by atoms with E-state index in [1.54, 1.807) is 17.4 Å². The summed E-state index contributed by atoms with van der Waals surface area (Å²) in [7, 11) is 0. The molecule has 6 heteroatoms. The molecule has 1 aromatic carbocycles. The van der Waals surface area contributed by atoms with Crippen molar-refractivity contribution >= 4 is 17.0 Å². The van der Waals surface area contributed by atoms with Gasteiger partial charge in [-0.05, 0) is 43.7 Å². The Morgan fingerprint density at radius 3 is 2.48 bits per heavy atom. The molecule has 1 N–H and O–H groups in total. The van der Waals surface area contributed by atoms with Crippen molar-refractivity contribution in [3.63, 3.8) is 0 Å². The number of rotatable bonds is 3. The zero-order valence-corrected chi connectivity index (χ0v) is 12.3. The minimum absolute atomic E-state index is 0.00479. The number of anilines is 1. The largest absolute Gasteiger partial charge is 0.416 e. The van der Waals surface area contributed by atoms with Crippen molar-refractivity contribution in [3.05, 3.63) is 50.7 Å². The summed E-state index contributed by atoms with van der Waals surface area (Å²) in [5.41, 5.74) is 0.779. The quantitative estimate of drug-likeness (QED) is 0.878. The zero-order chi connectivity index (χ0) is 15.6. The molecule has 2 rings (SSSR count). The lowest BCUT2D eigenvalue weighted by Gasteiger charge is -2.11. The molecule has 0 bridgehead atoms. The summed E-state index contributed by atoms with van der Waals surface area (Å²) in [6.07, 6.45) is -4.44. The fraction of sp³-hybridized carbons (Fsp3) is 0.267. The van der Waals surface area contributed by atoms with Crippen LogP contribution in [0.4, 0.5) is 18.9 Å². The first kappa shape index (κ1) is 15.4. The van der Waals surface area contributed by atoms with E-state index in [0.29, 0.717) is 12.2 Å². The van der Waals surface area contributed by atoms with Crippen LogP contribution < -0.4 is 5.32 Å². The topological polar surface area (TPSA) is 35.8 Å². The maximum Gasteiger partial charge on any atom is 0.416 e. The van der Waals surface area contributed by atoms with Gasteiger partial charge in [-0.2, -0.15) is 18.4 Å². The molecule has 2 aromatic rings. The fourth-order valence-electron chi connectivity index (χ4n) is 1.89. The van der Waals surface area contributed by atoms with Crippen molar-refractivity contribution in [1.82, 2.24) is 0 Å². The summed E-state index contributed by atoms with van der Waals surface area (Å²) >= 11 is 1.63. The molecule has 0 aliphatic rings. The Hall–Kier alpha value is -2.00. The average molecular weight is 310 g/mol. The Morgan fingerprint density at radius 1 is 1.24 bits per heavy atom. The molecule has 21 heavy (non-hydrogen) atoms. The number of hydrogen-bond acceptors (Lipinski definition) is 3. The van der Waals surface area contributed by atoms with Gasteiger partial charge in [-0.15, -0.1) is 11.3 Å². The maximum atomic E-state index is 12.6. The van der Waals surface area contributed by atoms with Crippen molar-refractivity contribution in [1.29, 1.82) is 5.26 Å². The molecule has 0 saturated carbocycles. The highest BCUT2D eigenvalue weighted by Gasteiger charge is 2.31. The minimum atomic E-state index is -4.44. The van der Waals surface area contributed by atoms with Crippen molar-refractivity contribution in [2.45, 2.75) is 26.6 Å². The third-order valence-electron chi connectivity index (χ3n) is 3.14. The van der Waals surface area contributed by atoms with Crippen LogP contribution in [0.15, 0.2) is 24.3 Å². The van der Waals surface area contributed by atoms with Gasteiger partial charge in [0.1, 0.15) is 6.07 Å². The van der Waals surface area contributed by atoms with E-state index >= 15 is 0 Å². The van der Waals surface area contributed by atoms with Gasteiger partial charge in [0.05, 0.1) is 16.8 Å². The van der Waals surface area contributed by atoms with Gasteiger partial charge in [0, 0.05) is 16.3 Å². The predicted molar refractivity (Wildman–Crippen MR) is 77.3 cm³/mol. The first-order chi connectivity index (χ1) is 9.81. The molecule has 1 heterocycles. The summed E-state index contributed by atoms with van der Waals surface area (Å²) < 4.78 is 37.8. The first-order valence-corrected chi connectivity index (χ1v) is 7.04. The van der Waals surface area contributed by atoms with E-state index in [0.717, 1.165) is 17.0 Å². The number of aryl methyl sites for hydroxylation is 2. The zero-order valence-electron chi connectivity index (χ0n) is 11.5. The van der Waals surface area contributed by atoms with Gasteiger partial charge in [0.25, 0.3) is 0 Å². The van der Waals surface area contributed by atoms with Crippen molar-refractivity contribution in [2.75, 3.05) is 5.32 Å². The van der Waals surface area contributed by atoms with Crippen molar-refractivity contribution < 1.29 is 13.2 Å². The normalized spacial score (nSPS) is 11.2. The summed E-state index contributed by atoms with van der Waals surface area (Å²) in [6, 6.07) is 6.98. The smallest absolute Gasteiger partial charge is 0.379 e. The third-order valence-corrected chi connectivity index (χ3v) is 4.29. The highest BCUT2D eigenvalue weighted by molar-refractivity contribution is 7.12. The number of nitriles is 1. The number of benzene rings is 1. The standard InChI is InChI=1S/C15H13F3N2S/c1-9-5-13(21-10(9)2)8-20-14-4-3-12(15(16,17)18)6-11(14)7-19/h3-6,20H,8H2,1-2H3. The molecule has 110 valence electrons. The van der Waals surface area contributed by atoms with Crippen LogP contribution in [0.5, 0.6) is 0 Å². The molecular weight excluding hydrogens is 297 g/mol. The Labute approximate surface area is 124 Å². The number of nitrogens with one attached hydrogen (secondary N) is 1. The molecule has 0 atom stereocenters. The summed E-state index contributed by atoms with van der Waals surface area (Å²) in [5, 5.41) is 12.0. The van der Waals surface area contributed by atoms with Crippen molar-refractivity contribution in [2.24, 2.45) is 0 Å². The molecule has 0 aliphatic carbocycles. The number of hydrogen-bond donors (Lipinski definition) is 1. The van der Waals surface area contributed by atoms with Crippen LogP contribution in [-0.2, 0) is 12.7 Å². The van der Waals surface area contributed by atoms with Crippen LogP contribution in [0.3, 0.4) is 0 Å². The van der Waals surface area contributed by atoms with Crippen LogP contribution in [-0.4, -0.2) is 0 Å². The second kappa shape index (κ2) is 5.78. The van der Waals surface area contributed by atoms with Crippen LogP contribution >= 0.6 is 11.3 Å². The van der Waals surface area contributed by atoms with E-state index in [1.165, 1.54) is 16.5 Å². The SMILES string of the molecule is Cc1cc(CNc2ccc(C(F)(F)F)cc2C#N)sc1C. The van der Waals surface area contributed by atoms with E-state index in [2.05, 4.69) is 5.32 Å². The van der Waals surface area contributed by atoms with Crippen LogP contribution in [0, 0.1) is 25.2 Å². The summed E-state index contributed by atoms with van der Waals surface area (Å²) in [4.78, 5) is 2.29. The third kappa shape index (κ3) is 3.56. The molecule has 0 unspecified atom stereocenters. The van der Waals surface area contributed by atoms with Gasteiger partial charge in [0.15, 0.2) is 0 Å². The minimum Gasteiger partial charge on any atom is -0.379 e. The van der Waals surface area contributed by atoms with Gasteiger partial charge < -0.3 is 5.32 Å². The molecular formula is C15H13F3N2S. The van der Waals surface area contributed by atoms with E-state index in [1.807, 2.05) is 19.9 Å². The molecule has 0 saturated heterocycles. The lowest BCUT2D eigenvalue weighted by molar-refractivity contribution is -0.137. The van der Waals surface area contributed by atoms with E-state index in [-0.39, 0.29) is 5.56 Å². The number of alkyl halides is 3. The van der Waals surface area contributed by atoms with Crippen molar-refractivity contribution in [3.8, 4) is 6.07 Å². The molecule has 0 aliphatic heterocycles. The molecule has 0 spiro atoms. The predicted octanol–water partition coefficient (Wildman–Crippen LogP) is 4.87. The Balaban J connectivity index is 2.19. The fourth-order valence-corrected chi connectivity index (χ4v) is 2.88. The van der Waals surface area contributed by atoms with Crippen LogP contribution in [0.25, 0.3) is 0 Å². The highest BCUT2D eigenvalue weighted by atomic mass is 32.1. The highest BCUT2D eigenvalue weighted by Crippen LogP contribution is 2.32. The Morgan fingerprint density at radius 2 is 1.95 bits per heavy atom. The molecule has 0 fully saturated rings. The summed E-state index contributed by atoms with van der Waals surface area (Å²) in [6.45, 7) is 4.51. The Bertz CT molecular complexity index is 676. The van der Waals surface area contributed by atoms with Gasteiger partial charge in [-0.25, -0.2) is 0 Å². The molecule has 2 nitrogen and oxygen atoms in total. The average Bonchev–Trinajstić information content (AvgIpc) is 2.74. The molecule has 1 aromatic heterocycles. The molecule has 0 radical (unpaired) electrons. The Kier molecular flexibility index (Phi) is 4.24. The lowest BCUT2D eigenvalue weighted by Crippen LogP contribution is -2.07. The number of nitrogens with zero attached hydrogens (tertiary/aromatic N) is 1. The van der Waals surface area contributed by atoms with Gasteiger partial charge >= 0.3 is 6.18 Å². The van der Waals surface area contributed by atoms with E-state index < -0.39 is 11.7 Å². The lowest BCUT2D eigenvalue weighted by atomic mass is 10.1. The van der Waals surface area contributed by atoms with Crippen LogP contribution in [0.1, 0.15) is 26.4 Å². The summed E-state index contributed by atoms with van der Waals surface area (Å²) in [5.74, 6) is 0. The number of halogens is 3. The second-order valence-corrected chi connectivity index (χ2v) is 6.02. The van der Waals surface area contributed by atoms with E-state index in [4.69, 9.17) is 5.26 Å². The van der Waals surface area contributed by atoms with E-state index in [9.17, 15) is 13.2 Å². The first-order valence-electron chi connectivity index (χ1n) is 6.22. The van der Waals surface area contributed by atoms with Gasteiger partial charge in [0.2, 0.25) is 0 Å². The second-order valence-electron chi connectivity index (χ2n) is 4.68.